The Morgan fingerprint density at radius 3 is 2.48 bits per heavy atom. The van der Waals surface area contributed by atoms with Crippen LogP contribution in [-0.2, 0) is 11.3 Å². The number of benzene rings is 2. The van der Waals surface area contributed by atoms with Crippen molar-refractivity contribution in [2.75, 3.05) is 5.32 Å². The Bertz CT molecular complexity index is 658. The number of carboxylic acid groups (broad SMARTS) is 1. The summed E-state index contributed by atoms with van der Waals surface area (Å²) in [5.41, 5.74) is 1.45. The molecule has 1 amide bonds. The average Bonchev–Trinajstić information content (AvgIpc) is 2.48. The first-order chi connectivity index (χ1) is 10.1. The number of amides is 1. The third-order valence-electron chi connectivity index (χ3n) is 2.67. The van der Waals surface area contributed by atoms with E-state index in [0.29, 0.717) is 10.2 Å². The molecule has 0 atom stereocenters. The molecule has 0 aromatic heterocycles. The highest BCUT2D eigenvalue weighted by Gasteiger charge is 2.10. The van der Waals surface area contributed by atoms with Crippen LogP contribution in [0.2, 0.25) is 0 Å². The van der Waals surface area contributed by atoms with E-state index in [2.05, 4.69) is 21.2 Å². The van der Waals surface area contributed by atoms with Crippen molar-refractivity contribution in [2.45, 2.75) is 6.61 Å². The lowest BCUT2D eigenvalue weighted by Crippen LogP contribution is -2.14. The summed E-state index contributed by atoms with van der Waals surface area (Å²) in [7, 11) is 0. The van der Waals surface area contributed by atoms with Crippen molar-refractivity contribution in [1.29, 1.82) is 0 Å². The first-order valence-electron chi connectivity index (χ1n) is 6.07. The van der Waals surface area contributed by atoms with Crippen LogP contribution in [0.15, 0.2) is 53.0 Å². The Morgan fingerprint density at radius 2 is 1.86 bits per heavy atom. The topological polar surface area (TPSA) is 75.6 Å². The number of nitrogens with one attached hydrogen (secondary N) is 1. The maximum absolute atomic E-state index is 11.7. The number of aromatic carboxylic acids is 1. The number of carbonyl (C=O) groups excluding carboxylic acids is 1. The van der Waals surface area contributed by atoms with Crippen LogP contribution in [0, 0.1) is 0 Å². The molecular formula is C15H12BrNO4. The van der Waals surface area contributed by atoms with Crippen LogP contribution in [0.4, 0.5) is 10.5 Å². The Morgan fingerprint density at radius 1 is 1.14 bits per heavy atom. The lowest BCUT2D eigenvalue weighted by atomic mass is 10.2. The van der Waals surface area contributed by atoms with Gasteiger partial charge in [-0.2, -0.15) is 0 Å². The molecule has 0 unspecified atom stereocenters. The fraction of sp³-hybridized carbons (Fsp3) is 0.0667. The number of halogens is 1. The number of ether oxygens (including phenoxy) is 1. The summed E-state index contributed by atoms with van der Waals surface area (Å²) < 4.78 is 5.55. The maximum atomic E-state index is 11.7. The monoisotopic (exact) mass is 349 g/mol. The van der Waals surface area contributed by atoms with E-state index in [9.17, 15) is 9.59 Å². The standard InChI is InChI=1S/C15H12BrNO4/c16-12-8-11(14(18)19)6-7-13(12)17-15(20)21-9-10-4-2-1-3-5-10/h1-8H,9H2,(H,17,20)(H,18,19). The number of rotatable bonds is 4. The molecule has 108 valence electrons. The van der Waals surface area contributed by atoms with Gasteiger partial charge in [-0.15, -0.1) is 0 Å². The first kappa shape index (κ1) is 15.1. The highest BCUT2D eigenvalue weighted by molar-refractivity contribution is 9.10. The molecule has 0 fully saturated rings. The minimum absolute atomic E-state index is 0.130. The number of anilines is 1. The zero-order chi connectivity index (χ0) is 15.2. The van der Waals surface area contributed by atoms with Gasteiger partial charge in [-0.05, 0) is 39.7 Å². The molecule has 2 aromatic rings. The lowest BCUT2D eigenvalue weighted by molar-refractivity contribution is 0.0697. The van der Waals surface area contributed by atoms with Gasteiger partial charge in [-0.1, -0.05) is 30.3 Å². The first-order valence-corrected chi connectivity index (χ1v) is 6.86. The number of carboxylic acids is 1. The van der Waals surface area contributed by atoms with Crippen molar-refractivity contribution in [3.8, 4) is 0 Å². The van der Waals surface area contributed by atoms with Crippen LogP contribution in [-0.4, -0.2) is 17.2 Å². The van der Waals surface area contributed by atoms with E-state index in [-0.39, 0.29) is 12.2 Å². The van der Waals surface area contributed by atoms with Crippen molar-refractivity contribution >= 4 is 33.7 Å². The summed E-state index contributed by atoms with van der Waals surface area (Å²) in [6.45, 7) is 0.164. The third kappa shape index (κ3) is 4.32. The molecule has 2 aromatic carbocycles. The highest BCUT2D eigenvalue weighted by atomic mass is 79.9. The van der Waals surface area contributed by atoms with Crippen molar-refractivity contribution in [1.82, 2.24) is 0 Å². The smallest absolute Gasteiger partial charge is 0.411 e. The van der Waals surface area contributed by atoms with Gasteiger partial charge < -0.3 is 9.84 Å². The number of hydrogen-bond donors (Lipinski definition) is 2. The van der Waals surface area contributed by atoms with Crippen molar-refractivity contribution in [3.63, 3.8) is 0 Å². The van der Waals surface area contributed by atoms with Crippen molar-refractivity contribution in [3.05, 3.63) is 64.1 Å². The maximum Gasteiger partial charge on any atom is 0.411 e. The van der Waals surface area contributed by atoms with E-state index >= 15 is 0 Å². The van der Waals surface area contributed by atoms with Crippen LogP contribution in [0.5, 0.6) is 0 Å². The molecule has 6 heteroatoms. The second-order valence-corrected chi connectivity index (χ2v) is 5.04. The zero-order valence-electron chi connectivity index (χ0n) is 10.9. The number of carbonyl (C=O) groups is 2. The SMILES string of the molecule is O=C(Nc1ccc(C(=O)O)cc1Br)OCc1ccccc1. The van der Waals surface area contributed by atoms with E-state index in [1.165, 1.54) is 18.2 Å². The molecular weight excluding hydrogens is 338 g/mol. The molecule has 2 rings (SSSR count). The molecule has 0 saturated heterocycles. The quantitative estimate of drug-likeness (QED) is 0.877. The molecule has 21 heavy (non-hydrogen) atoms. The normalized spacial score (nSPS) is 9.95. The molecule has 0 aliphatic rings. The van der Waals surface area contributed by atoms with E-state index in [0.717, 1.165) is 5.56 Å². The van der Waals surface area contributed by atoms with E-state index in [1.807, 2.05) is 30.3 Å². The minimum Gasteiger partial charge on any atom is -0.478 e. The van der Waals surface area contributed by atoms with Crippen molar-refractivity contribution in [2.24, 2.45) is 0 Å². The van der Waals surface area contributed by atoms with Crippen LogP contribution in [0.25, 0.3) is 0 Å². The summed E-state index contributed by atoms with van der Waals surface area (Å²) >= 11 is 3.21. The molecule has 0 radical (unpaired) electrons. The Hall–Kier alpha value is -2.34. The van der Waals surface area contributed by atoms with Gasteiger partial charge in [0.25, 0.3) is 0 Å². The fourth-order valence-corrected chi connectivity index (χ4v) is 2.10. The van der Waals surface area contributed by atoms with Crippen LogP contribution in [0.1, 0.15) is 15.9 Å². The van der Waals surface area contributed by atoms with Gasteiger partial charge in [-0.25, -0.2) is 9.59 Å². The second-order valence-electron chi connectivity index (χ2n) is 4.19. The Labute approximate surface area is 129 Å². The molecule has 5 nitrogen and oxygen atoms in total. The van der Waals surface area contributed by atoms with Gasteiger partial charge in [0.2, 0.25) is 0 Å². The van der Waals surface area contributed by atoms with Gasteiger partial charge in [0.15, 0.2) is 0 Å². The molecule has 0 spiro atoms. The number of hydrogen-bond acceptors (Lipinski definition) is 3. The molecule has 0 heterocycles. The van der Waals surface area contributed by atoms with E-state index in [4.69, 9.17) is 9.84 Å². The minimum atomic E-state index is -1.03. The van der Waals surface area contributed by atoms with E-state index < -0.39 is 12.1 Å². The second kappa shape index (κ2) is 6.90. The van der Waals surface area contributed by atoms with Gasteiger partial charge in [-0.3, -0.25) is 5.32 Å². The largest absolute Gasteiger partial charge is 0.478 e. The predicted octanol–water partition coefficient (Wildman–Crippen LogP) is 3.90. The average molecular weight is 350 g/mol. The predicted molar refractivity (Wildman–Crippen MR) is 81.4 cm³/mol. The summed E-state index contributed by atoms with van der Waals surface area (Å²) in [5.74, 6) is -1.03. The van der Waals surface area contributed by atoms with Crippen LogP contribution < -0.4 is 5.32 Å². The Balaban J connectivity index is 1.95. The summed E-state index contributed by atoms with van der Waals surface area (Å²) in [6.07, 6.45) is -0.609. The van der Waals surface area contributed by atoms with Crippen molar-refractivity contribution < 1.29 is 19.4 Å². The van der Waals surface area contributed by atoms with Gasteiger partial charge in [0.1, 0.15) is 6.61 Å². The molecule has 0 aliphatic heterocycles. The molecule has 2 N–H and O–H groups in total. The summed E-state index contributed by atoms with van der Waals surface area (Å²) in [5, 5.41) is 11.4. The lowest BCUT2D eigenvalue weighted by Gasteiger charge is -2.09. The summed E-state index contributed by atoms with van der Waals surface area (Å²) in [4.78, 5) is 22.5. The van der Waals surface area contributed by atoms with E-state index in [1.54, 1.807) is 0 Å². The zero-order valence-corrected chi connectivity index (χ0v) is 12.5. The van der Waals surface area contributed by atoms with Gasteiger partial charge >= 0.3 is 12.1 Å². The Kier molecular flexibility index (Phi) is 4.94. The summed E-state index contributed by atoms with van der Waals surface area (Å²) in [6, 6.07) is 13.6. The van der Waals surface area contributed by atoms with Gasteiger partial charge in [0, 0.05) is 4.47 Å². The molecule has 0 aliphatic carbocycles. The molecule has 0 bridgehead atoms. The highest BCUT2D eigenvalue weighted by Crippen LogP contribution is 2.24. The third-order valence-corrected chi connectivity index (χ3v) is 3.32. The van der Waals surface area contributed by atoms with Crippen LogP contribution in [0.3, 0.4) is 0 Å². The van der Waals surface area contributed by atoms with Gasteiger partial charge in [0.05, 0.1) is 11.3 Å². The fourth-order valence-electron chi connectivity index (χ4n) is 1.62. The van der Waals surface area contributed by atoms with Crippen LogP contribution >= 0.6 is 15.9 Å². The molecule has 0 saturated carbocycles.